The Morgan fingerprint density at radius 2 is 2.06 bits per heavy atom. The van der Waals surface area contributed by atoms with Gasteiger partial charge in [0.25, 0.3) is 0 Å². The smallest absolute Gasteiger partial charge is 0.127 e. The van der Waals surface area contributed by atoms with E-state index in [0.29, 0.717) is 6.04 Å². The fraction of sp³-hybridized carbons (Fsp3) is 0.538. The van der Waals surface area contributed by atoms with Crippen molar-refractivity contribution in [2.24, 2.45) is 0 Å². The van der Waals surface area contributed by atoms with Gasteiger partial charge in [0, 0.05) is 17.7 Å². The van der Waals surface area contributed by atoms with Gasteiger partial charge in [-0.1, -0.05) is 0 Å². The molecule has 1 aliphatic carbocycles. The maximum absolute atomic E-state index is 5.47. The SMILES string of the molecule is CNC1CCCc2cc(OC)cc(OC)c21. The number of hydrogen-bond donors (Lipinski definition) is 1. The van der Waals surface area contributed by atoms with Crippen LogP contribution in [0.2, 0.25) is 0 Å². The third-order valence-corrected chi connectivity index (χ3v) is 3.29. The summed E-state index contributed by atoms with van der Waals surface area (Å²) in [6.07, 6.45) is 3.50. The lowest BCUT2D eigenvalue weighted by molar-refractivity contribution is 0.376. The highest BCUT2D eigenvalue weighted by atomic mass is 16.5. The van der Waals surface area contributed by atoms with Gasteiger partial charge < -0.3 is 14.8 Å². The number of fused-ring (bicyclic) bond motifs is 1. The van der Waals surface area contributed by atoms with Gasteiger partial charge in [0.1, 0.15) is 11.5 Å². The van der Waals surface area contributed by atoms with E-state index in [0.717, 1.165) is 17.9 Å². The number of rotatable bonds is 3. The van der Waals surface area contributed by atoms with E-state index in [4.69, 9.17) is 9.47 Å². The van der Waals surface area contributed by atoms with Gasteiger partial charge >= 0.3 is 0 Å². The zero-order chi connectivity index (χ0) is 11.5. The van der Waals surface area contributed by atoms with Crippen LogP contribution in [0.3, 0.4) is 0 Å². The lowest BCUT2D eigenvalue weighted by Gasteiger charge is -2.27. The molecule has 0 aromatic heterocycles. The van der Waals surface area contributed by atoms with Crippen molar-refractivity contribution in [1.29, 1.82) is 0 Å². The van der Waals surface area contributed by atoms with Crippen LogP contribution in [-0.2, 0) is 6.42 Å². The van der Waals surface area contributed by atoms with Crippen molar-refractivity contribution >= 4 is 0 Å². The first-order valence-corrected chi connectivity index (χ1v) is 5.72. The molecule has 16 heavy (non-hydrogen) atoms. The Bertz CT molecular complexity index is 359. The van der Waals surface area contributed by atoms with Crippen molar-refractivity contribution < 1.29 is 9.47 Å². The van der Waals surface area contributed by atoms with E-state index in [2.05, 4.69) is 11.4 Å². The standard InChI is InChI=1S/C13H19NO2/c1-14-11-6-4-5-9-7-10(15-2)8-12(16-3)13(9)11/h7-8,11,14H,4-6H2,1-3H3. The van der Waals surface area contributed by atoms with Crippen LogP contribution >= 0.6 is 0 Å². The van der Waals surface area contributed by atoms with Crippen LogP contribution in [0.15, 0.2) is 12.1 Å². The van der Waals surface area contributed by atoms with Crippen molar-refractivity contribution in [2.45, 2.75) is 25.3 Å². The van der Waals surface area contributed by atoms with Gasteiger partial charge in [-0.25, -0.2) is 0 Å². The maximum atomic E-state index is 5.47. The van der Waals surface area contributed by atoms with Crippen LogP contribution in [0.25, 0.3) is 0 Å². The summed E-state index contributed by atoms with van der Waals surface area (Å²) < 4.78 is 10.8. The summed E-state index contributed by atoms with van der Waals surface area (Å²) in [6, 6.07) is 4.50. The third-order valence-electron chi connectivity index (χ3n) is 3.29. The Morgan fingerprint density at radius 3 is 2.69 bits per heavy atom. The monoisotopic (exact) mass is 221 g/mol. The molecule has 1 N–H and O–H groups in total. The molecular weight excluding hydrogens is 202 g/mol. The number of benzene rings is 1. The molecule has 1 aliphatic rings. The summed E-state index contributed by atoms with van der Waals surface area (Å²) in [6.45, 7) is 0. The van der Waals surface area contributed by atoms with E-state index < -0.39 is 0 Å². The molecule has 0 fully saturated rings. The molecule has 2 rings (SSSR count). The number of nitrogens with one attached hydrogen (secondary N) is 1. The fourth-order valence-electron chi connectivity index (χ4n) is 2.48. The second-order valence-corrected chi connectivity index (χ2v) is 4.14. The Morgan fingerprint density at radius 1 is 1.25 bits per heavy atom. The first-order chi connectivity index (χ1) is 7.80. The van der Waals surface area contributed by atoms with Gasteiger partial charge in [0.05, 0.1) is 14.2 Å². The first kappa shape index (κ1) is 11.3. The number of aryl methyl sites for hydroxylation is 1. The largest absolute Gasteiger partial charge is 0.497 e. The highest BCUT2D eigenvalue weighted by molar-refractivity contribution is 5.49. The molecule has 3 nitrogen and oxygen atoms in total. The number of ether oxygens (including phenoxy) is 2. The van der Waals surface area contributed by atoms with Crippen molar-refractivity contribution in [3.63, 3.8) is 0 Å². The lowest BCUT2D eigenvalue weighted by atomic mass is 9.87. The van der Waals surface area contributed by atoms with Gasteiger partial charge in [-0.2, -0.15) is 0 Å². The Kier molecular flexibility index (Phi) is 3.34. The summed E-state index contributed by atoms with van der Waals surface area (Å²) in [4.78, 5) is 0. The normalized spacial score (nSPS) is 19.1. The van der Waals surface area contributed by atoms with E-state index in [-0.39, 0.29) is 0 Å². The molecule has 0 spiro atoms. The van der Waals surface area contributed by atoms with Gasteiger partial charge in [-0.3, -0.25) is 0 Å². The van der Waals surface area contributed by atoms with Gasteiger partial charge in [-0.05, 0) is 37.9 Å². The molecule has 88 valence electrons. The fourth-order valence-corrected chi connectivity index (χ4v) is 2.48. The summed E-state index contributed by atoms with van der Waals surface area (Å²) in [5.41, 5.74) is 2.65. The van der Waals surface area contributed by atoms with Gasteiger partial charge in [0.15, 0.2) is 0 Å². The minimum absolute atomic E-state index is 0.407. The summed E-state index contributed by atoms with van der Waals surface area (Å²) in [5, 5.41) is 3.35. The summed E-state index contributed by atoms with van der Waals surface area (Å²) >= 11 is 0. The topological polar surface area (TPSA) is 30.5 Å². The number of hydrogen-bond acceptors (Lipinski definition) is 3. The van der Waals surface area contributed by atoms with Crippen LogP contribution in [0.4, 0.5) is 0 Å². The minimum Gasteiger partial charge on any atom is -0.497 e. The van der Waals surface area contributed by atoms with E-state index in [1.54, 1.807) is 14.2 Å². The molecule has 0 heterocycles. The molecule has 3 heteroatoms. The third kappa shape index (κ3) is 1.87. The molecule has 0 aliphatic heterocycles. The van der Waals surface area contributed by atoms with Crippen molar-refractivity contribution in [2.75, 3.05) is 21.3 Å². The van der Waals surface area contributed by atoms with Gasteiger partial charge in [0.2, 0.25) is 0 Å². The second kappa shape index (κ2) is 4.74. The van der Waals surface area contributed by atoms with Gasteiger partial charge in [-0.15, -0.1) is 0 Å². The van der Waals surface area contributed by atoms with Crippen LogP contribution in [0, 0.1) is 0 Å². The zero-order valence-electron chi connectivity index (χ0n) is 10.2. The average Bonchev–Trinajstić information content (AvgIpc) is 2.36. The van der Waals surface area contributed by atoms with Crippen molar-refractivity contribution in [3.05, 3.63) is 23.3 Å². The first-order valence-electron chi connectivity index (χ1n) is 5.72. The van der Waals surface area contributed by atoms with E-state index >= 15 is 0 Å². The van der Waals surface area contributed by atoms with E-state index in [9.17, 15) is 0 Å². The molecular formula is C13H19NO2. The second-order valence-electron chi connectivity index (χ2n) is 4.14. The molecule has 1 aromatic rings. The van der Waals surface area contributed by atoms with E-state index in [1.165, 1.54) is 24.0 Å². The van der Waals surface area contributed by atoms with Crippen molar-refractivity contribution in [1.82, 2.24) is 5.32 Å². The maximum Gasteiger partial charge on any atom is 0.127 e. The summed E-state index contributed by atoms with van der Waals surface area (Å²) in [7, 11) is 5.42. The predicted molar refractivity (Wildman–Crippen MR) is 64.3 cm³/mol. The number of methoxy groups -OCH3 is 2. The Labute approximate surface area is 96.8 Å². The highest BCUT2D eigenvalue weighted by Gasteiger charge is 2.23. The molecule has 1 aromatic carbocycles. The Balaban J connectivity index is 2.50. The van der Waals surface area contributed by atoms with E-state index in [1.807, 2.05) is 13.1 Å². The molecule has 0 amide bonds. The molecule has 1 atom stereocenters. The minimum atomic E-state index is 0.407. The molecule has 0 saturated carbocycles. The zero-order valence-corrected chi connectivity index (χ0v) is 10.2. The Hall–Kier alpha value is -1.22. The lowest BCUT2D eigenvalue weighted by Crippen LogP contribution is -2.22. The quantitative estimate of drug-likeness (QED) is 0.849. The average molecular weight is 221 g/mol. The van der Waals surface area contributed by atoms with Crippen LogP contribution in [0.5, 0.6) is 11.5 Å². The molecule has 1 unspecified atom stereocenters. The van der Waals surface area contributed by atoms with Crippen molar-refractivity contribution in [3.8, 4) is 11.5 Å². The summed E-state index contributed by atoms with van der Waals surface area (Å²) in [5.74, 6) is 1.82. The van der Waals surface area contributed by atoms with Crippen LogP contribution in [0.1, 0.15) is 30.0 Å². The predicted octanol–water partition coefficient (Wildman–Crippen LogP) is 2.30. The van der Waals surface area contributed by atoms with Crippen LogP contribution < -0.4 is 14.8 Å². The molecule has 0 saturated heterocycles. The molecule has 0 radical (unpaired) electrons. The van der Waals surface area contributed by atoms with Crippen LogP contribution in [-0.4, -0.2) is 21.3 Å². The molecule has 0 bridgehead atoms. The highest BCUT2D eigenvalue weighted by Crippen LogP contribution is 2.39.